The zero-order chi connectivity index (χ0) is 14.4. The number of hydrogen-bond acceptors (Lipinski definition) is 3. The molecule has 20 heavy (non-hydrogen) atoms. The van der Waals surface area contributed by atoms with Gasteiger partial charge in [-0.05, 0) is 25.0 Å². The van der Waals surface area contributed by atoms with Gasteiger partial charge < -0.3 is 5.11 Å². The van der Waals surface area contributed by atoms with Crippen molar-refractivity contribution in [1.82, 2.24) is 4.57 Å². The summed E-state index contributed by atoms with van der Waals surface area (Å²) in [5.41, 5.74) is 1.02. The molecule has 0 radical (unpaired) electrons. The molecule has 0 unspecified atom stereocenters. The van der Waals surface area contributed by atoms with E-state index in [-0.39, 0.29) is 11.3 Å². The van der Waals surface area contributed by atoms with Crippen LogP contribution in [0.4, 0.5) is 0 Å². The van der Waals surface area contributed by atoms with Crippen LogP contribution in [0.1, 0.15) is 38.5 Å². The molecule has 0 bridgehead atoms. The first kappa shape index (κ1) is 14.8. The average Bonchev–Trinajstić information content (AvgIpc) is 2.73. The lowest BCUT2D eigenvalue weighted by Gasteiger charge is -2.03. The summed E-state index contributed by atoms with van der Waals surface area (Å²) >= 11 is 1.30. The highest BCUT2D eigenvalue weighted by atomic mass is 32.1. The summed E-state index contributed by atoms with van der Waals surface area (Å²) in [4.78, 5) is 22.4. The van der Waals surface area contributed by atoms with Gasteiger partial charge in [0, 0.05) is 13.0 Å². The Morgan fingerprint density at radius 2 is 1.80 bits per heavy atom. The molecule has 4 nitrogen and oxygen atoms in total. The number of rotatable bonds is 8. The molecule has 0 fully saturated rings. The minimum Gasteiger partial charge on any atom is -0.481 e. The lowest BCUT2D eigenvalue weighted by atomic mass is 10.1. The quantitative estimate of drug-likeness (QED) is 0.758. The summed E-state index contributed by atoms with van der Waals surface area (Å²) in [6, 6.07) is 7.87. The number of fused-ring (bicyclic) bond motifs is 1. The molecule has 2 rings (SSSR count). The Kier molecular flexibility index (Phi) is 5.35. The second-order valence-corrected chi connectivity index (χ2v) is 5.89. The van der Waals surface area contributed by atoms with Crippen LogP contribution in [0.2, 0.25) is 0 Å². The number of aromatic nitrogens is 1. The van der Waals surface area contributed by atoms with Crippen molar-refractivity contribution in [1.29, 1.82) is 0 Å². The van der Waals surface area contributed by atoms with Crippen LogP contribution >= 0.6 is 11.3 Å². The Hall–Kier alpha value is -1.62. The van der Waals surface area contributed by atoms with Crippen molar-refractivity contribution in [2.24, 2.45) is 0 Å². The number of benzene rings is 1. The first-order chi connectivity index (χ1) is 9.68. The van der Waals surface area contributed by atoms with Crippen molar-refractivity contribution in [3.8, 4) is 0 Å². The van der Waals surface area contributed by atoms with Crippen molar-refractivity contribution >= 4 is 27.5 Å². The molecule has 0 aliphatic rings. The topological polar surface area (TPSA) is 59.3 Å². The van der Waals surface area contributed by atoms with E-state index in [1.807, 2.05) is 28.8 Å². The number of aryl methyl sites for hydroxylation is 1. The van der Waals surface area contributed by atoms with Crippen LogP contribution < -0.4 is 4.87 Å². The maximum absolute atomic E-state index is 11.9. The van der Waals surface area contributed by atoms with Crippen molar-refractivity contribution in [2.75, 3.05) is 0 Å². The van der Waals surface area contributed by atoms with Crippen LogP contribution in [0.3, 0.4) is 0 Å². The van der Waals surface area contributed by atoms with E-state index in [2.05, 4.69) is 0 Å². The fraction of sp³-hybridized carbons (Fsp3) is 0.467. The summed E-state index contributed by atoms with van der Waals surface area (Å²) < 4.78 is 2.89. The maximum Gasteiger partial charge on any atom is 0.308 e. The molecule has 2 aromatic rings. The van der Waals surface area contributed by atoms with Gasteiger partial charge >= 0.3 is 10.8 Å². The molecular formula is C15H19NO3S. The first-order valence-corrected chi connectivity index (χ1v) is 7.80. The molecule has 0 saturated heterocycles. The third-order valence-electron chi connectivity index (χ3n) is 3.35. The van der Waals surface area contributed by atoms with Gasteiger partial charge in [0.25, 0.3) is 0 Å². The van der Waals surface area contributed by atoms with E-state index in [0.29, 0.717) is 0 Å². The number of hydrogen-bond donors (Lipinski definition) is 1. The van der Waals surface area contributed by atoms with Crippen LogP contribution in [-0.2, 0) is 11.3 Å². The summed E-state index contributed by atoms with van der Waals surface area (Å²) in [6.45, 7) is 0.752. The third-order valence-corrected chi connectivity index (χ3v) is 4.31. The number of aliphatic carboxylic acids is 1. The molecule has 1 aromatic heterocycles. The van der Waals surface area contributed by atoms with E-state index >= 15 is 0 Å². The number of carboxylic acid groups (broad SMARTS) is 1. The van der Waals surface area contributed by atoms with E-state index < -0.39 is 5.97 Å². The largest absolute Gasteiger partial charge is 0.481 e. The number of carboxylic acids is 1. The summed E-state index contributed by atoms with van der Waals surface area (Å²) in [5.74, 6) is -0.721. The van der Waals surface area contributed by atoms with Gasteiger partial charge in [-0.1, -0.05) is 42.7 Å². The highest BCUT2D eigenvalue weighted by molar-refractivity contribution is 7.16. The highest BCUT2D eigenvalue weighted by Gasteiger charge is 2.05. The molecule has 0 saturated carbocycles. The van der Waals surface area contributed by atoms with E-state index in [0.717, 1.165) is 48.9 Å². The number of carbonyl (C=O) groups is 1. The second-order valence-electron chi connectivity index (χ2n) is 4.90. The monoisotopic (exact) mass is 293 g/mol. The minimum absolute atomic E-state index is 0.108. The van der Waals surface area contributed by atoms with Gasteiger partial charge in [-0.15, -0.1) is 0 Å². The Bertz CT molecular complexity index is 629. The maximum atomic E-state index is 11.9. The third kappa shape index (κ3) is 3.93. The van der Waals surface area contributed by atoms with Crippen molar-refractivity contribution in [2.45, 2.75) is 45.1 Å². The summed E-state index contributed by atoms with van der Waals surface area (Å²) in [5, 5.41) is 8.54. The van der Waals surface area contributed by atoms with Crippen molar-refractivity contribution < 1.29 is 9.90 Å². The van der Waals surface area contributed by atoms with Crippen LogP contribution in [0.25, 0.3) is 10.2 Å². The molecule has 1 N–H and O–H groups in total. The molecule has 5 heteroatoms. The number of nitrogens with zero attached hydrogens (tertiary/aromatic N) is 1. The number of unbranched alkanes of at least 4 members (excludes halogenated alkanes) is 4. The van der Waals surface area contributed by atoms with Gasteiger partial charge in [-0.2, -0.15) is 0 Å². The second kappa shape index (κ2) is 7.24. The van der Waals surface area contributed by atoms with Crippen LogP contribution in [0.15, 0.2) is 29.1 Å². The molecule has 1 aromatic carbocycles. The van der Waals surface area contributed by atoms with Crippen LogP contribution in [0.5, 0.6) is 0 Å². The number of para-hydroxylation sites is 1. The van der Waals surface area contributed by atoms with E-state index in [1.54, 1.807) is 0 Å². The molecule has 0 spiro atoms. The number of thiazole rings is 1. The fourth-order valence-corrected chi connectivity index (χ4v) is 3.22. The van der Waals surface area contributed by atoms with Gasteiger partial charge in [0.05, 0.1) is 10.2 Å². The normalized spacial score (nSPS) is 11.0. The molecule has 0 atom stereocenters. The van der Waals surface area contributed by atoms with Gasteiger partial charge in [-0.3, -0.25) is 14.2 Å². The van der Waals surface area contributed by atoms with E-state index in [1.165, 1.54) is 11.3 Å². The SMILES string of the molecule is O=C(O)CCCCCCCn1c(=O)sc2ccccc21. The molecule has 1 heterocycles. The molecular weight excluding hydrogens is 274 g/mol. The first-order valence-electron chi connectivity index (χ1n) is 6.98. The Labute approximate surface area is 121 Å². The molecule has 0 aliphatic heterocycles. The Morgan fingerprint density at radius 1 is 1.10 bits per heavy atom. The van der Waals surface area contributed by atoms with Crippen LogP contribution in [0, 0.1) is 0 Å². The molecule has 0 aliphatic carbocycles. The summed E-state index contributed by atoms with van der Waals surface area (Å²) in [7, 11) is 0. The smallest absolute Gasteiger partial charge is 0.308 e. The minimum atomic E-state index is -0.721. The van der Waals surface area contributed by atoms with E-state index in [9.17, 15) is 9.59 Å². The van der Waals surface area contributed by atoms with Gasteiger partial charge in [0.2, 0.25) is 0 Å². The predicted octanol–water partition coefficient (Wildman–Crippen LogP) is 3.49. The zero-order valence-electron chi connectivity index (χ0n) is 11.4. The van der Waals surface area contributed by atoms with Crippen molar-refractivity contribution in [3.05, 3.63) is 33.9 Å². The fourth-order valence-electron chi connectivity index (χ4n) is 2.30. The predicted molar refractivity (Wildman–Crippen MR) is 81.4 cm³/mol. The standard InChI is InChI=1S/C15H19NO3S/c17-14(18)10-4-2-1-3-7-11-16-12-8-5-6-9-13(12)20-15(16)19/h5-6,8-9H,1-4,7,10-11H2,(H,17,18). The van der Waals surface area contributed by atoms with Gasteiger partial charge in [0.1, 0.15) is 0 Å². The van der Waals surface area contributed by atoms with Crippen molar-refractivity contribution in [3.63, 3.8) is 0 Å². The van der Waals surface area contributed by atoms with Gasteiger partial charge in [0.15, 0.2) is 0 Å². The zero-order valence-corrected chi connectivity index (χ0v) is 12.2. The Morgan fingerprint density at radius 3 is 2.60 bits per heavy atom. The summed E-state index contributed by atoms with van der Waals surface area (Å²) in [6.07, 6.45) is 4.99. The molecule has 108 valence electrons. The van der Waals surface area contributed by atoms with E-state index in [4.69, 9.17) is 5.11 Å². The lowest BCUT2D eigenvalue weighted by Crippen LogP contribution is -2.12. The highest BCUT2D eigenvalue weighted by Crippen LogP contribution is 2.17. The Balaban J connectivity index is 1.77. The average molecular weight is 293 g/mol. The van der Waals surface area contributed by atoms with Gasteiger partial charge in [-0.25, -0.2) is 0 Å². The van der Waals surface area contributed by atoms with Crippen LogP contribution in [-0.4, -0.2) is 15.6 Å². The molecule has 0 amide bonds. The lowest BCUT2D eigenvalue weighted by molar-refractivity contribution is -0.137.